The third-order valence-corrected chi connectivity index (χ3v) is 4.93. The first-order valence-electron chi connectivity index (χ1n) is 7.26. The van der Waals surface area contributed by atoms with Crippen LogP contribution in [0.15, 0.2) is 64.8 Å². The predicted molar refractivity (Wildman–Crippen MR) is 89.2 cm³/mol. The zero-order chi connectivity index (χ0) is 16.3. The van der Waals surface area contributed by atoms with Crippen LogP contribution < -0.4 is 5.30 Å². The van der Waals surface area contributed by atoms with Gasteiger partial charge in [0.05, 0.1) is 5.57 Å². The minimum atomic E-state index is -2.18. The van der Waals surface area contributed by atoms with Gasteiger partial charge in [0.15, 0.2) is 0 Å². The number of hydrogen-bond donors (Lipinski definition) is 0. The van der Waals surface area contributed by atoms with Crippen LogP contribution in [0.2, 0.25) is 0 Å². The second kappa shape index (κ2) is 6.85. The monoisotopic (exact) mass is 315 g/mol. The lowest BCUT2D eigenvalue weighted by molar-refractivity contribution is -0.130. The van der Waals surface area contributed by atoms with Gasteiger partial charge in [0.2, 0.25) is 5.30 Å². The Morgan fingerprint density at radius 1 is 1.23 bits per heavy atom. The highest BCUT2D eigenvalue weighted by Gasteiger charge is 2.34. The molecular formula is C18H20O3P+. The molecule has 0 bridgehead atoms. The maximum atomic E-state index is 12.5. The van der Waals surface area contributed by atoms with Crippen molar-refractivity contribution in [3.05, 3.63) is 64.8 Å². The second-order valence-corrected chi connectivity index (χ2v) is 6.57. The lowest BCUT2D eigenvalue weighted by atomic mass is 9.81. The minimum absolute atomic E-state index is 0.0540. The summed E-state index contributed by atoms with van der Waals surface area (Å²) in [5.41, 5.74) is 3.71. The standard InChI is InChI=1S/C18H20O3P/c1-5-16-12(2)11-13(3)17(14(16)4)18(19)21-22(20)15-9-7-6-8-10-15/h5-11,14H,1-4H3/q+1. The highest BCUT2D eigenvalue weighted by molar-refractivity contribution is 7.49. The van der Waals surface area contributed by atoms with Crippen LogP contribution in [0.5, 0.6) is 0 Å². The van der Waals surface area contributed by atoms with Crippen molar-refractivity contribution < 1.29 is 13.9 Å². The van der Waals surface area contributed by atoms with Crippen LogP contribution in [-0.2, 0) is 13.9 Å². The summed E-state index contributed by atoms with van der Waals surface area (Å²) < 4.78 is 17.4. The summed E-state index contributed by atoms with van der Waals surface area (Å²) >= 11 is 0. The largest absolute Gasteiger partial charge is 0.600 e. The van der Waals surface area contributed by atoms with E-state index in [-0.39, 0.29) is 5.92 Å². The van der Waals surface area contributed by atoms with E-state index >= 15 is 0 Å². The maximum absolute atomic E-state index is 12.5. The Bertz CT molecular complexity index is 696. The molecule has 2 unspecified atom stereocenters. The average molecular weight is 315 g/mol. The lowest BCUT2D eigenvalue weighted by Crippen LogP contribution is -2.19. The van der Waals surface area contributed by atoms with E-state index in [9.17, 15) is 9.36 Å². The molecule has 0 N–H and O–H groups in total. The van der Waals surface area contributed by atoms with Gasteiger partial charge in [-0.1, -0.05) is 37.3 Å². The summed E-state index contributed by atoms with van der Waals surface area (Å²) in [5, 5.41) is 0.519. The van der Waals surface area contributed by atoms with Crippen LogP contribution in [-0.4, -0.2) is 5.97 Å². The van der Waals surface area contributed by atoms with Crippen molar-refractivity contribution in [3.8, 4) is 0 Å². The van der Waals surface area contributed by atoms with Crippen LogP contribution in [0.3, 0.4) is 0 Å². The summed E-state index contributed by atoms with van der Waals surface area (Å²) in [4.78, 5) is 12.5. The summed E-state index contributed by atoms with van der Waals surface area (Å²) in [6, 6.07) is 8.76. The normalized spacial score (nSPS) is 20.7. The van der Waals surface area contributed by atoms with Gasteiger partial charge in [-0.3, -0.25) is 0 Å². The van der Waals surface area contributed by atoms with E-state index in [4.69, 9.17) is 4.52 Å². The highest BCUT2D eigenvalue weighted by Crippen LogP contribution is 2.36. The molecule has 0 aromatic heterocycles. The Kier molecular flexibility index (Phi) is 5.10. The van der Waals surface area contributed by atoms with Crippen molar-refractivity contribution in [2.75, 3.05) is 0 Å². The Morgan fingerprint density at radius 3 is 2.45 bits per heavy atom. The summed E-state index contributed by atoms with van der Waals surface area (Å²) in [7, 11) is -2.18. The van der Waals surface area contributed by atoms with Gasteiger partial charge in [-0.15, -0.1) is 0 Å². The predicted octanol–water partition coefficient (Wildman–Crippen LogP) is 4.46. The van der Waals surface area contributed by atoms with Crippen LogP contribution >= 0.6 is 8.03 Å². The van der Waals surface area contributed by atoms with E-state index < -0.39 is 14.0 Å². The van der Waals surface area contributed by atoms with Crippen molar-refractivity contribution in [2.45, 2.75) is 27.7 Å². The van der Waals surface area contributed by atoms with Crippen LogP contribution in [0.1, 0.15) is 27.7 Å². The van der Waals surface area contributed by atoms with Gasteiger partial charge >= 0.3 is 14.0 Å². The van der Waals surface area contributed by atoms with E-state index in [0.717, 1.165) is 16.7 Å². The molecule has 0 aliphatic heterocycles. The summed E-state index contributed by atoms with van der Waals surface area (Å²) in [6.45, 7) is 7.85. The van der Waals surface area contributed by atoms with Gasteiger partial charge in [0.25, 0.3) is 0 Å². The average Bonchev–Trinajstić information content (AvgIpc) is 2.48. The number of carbonyl (C=O) groups excluding carboxylic acids is 1. The first-order chi connectivity index (χ1) is 10.5. The molecule has 0 spiro atoms. The fraction of sp³-hybridized carbons (Fsp3) is 0.278. The number of carbonyl (C=O) groups is 1. The fourth-order valence-corrected chi connectivity index (χ4v) is 3.64. The van der Waals surface area contributed by atoms with Crippen molar-refractivity contribution in [1.82, 2.24) is 0 Å². The number of benzene rings is 1. The van der Waals surface area contributed by atoms with Gasteiger partial charge in [-0.25, -0.2) is 9.32 Å². The number of rotatable bonds is 3. The van der Waals surface area contributed by atoms with Crippen molar-refractivity contribution in [2.24, 2.45) is 5.92 Å². The molecule has 0 fully saturated rings. The molecule has 1 aromatic rings. The van der Waals surface area contributed by atoms with Gasteiger partial charge in [0.1, 0.15) is 0 Å². The van der Waals surface area contributed by atoms with Gasteiger partial charge in [-0.2, -0.15) is 0 Å². The SMILES string of the molecule is CC=C1C(C)=CC(C)=C(C(=O)O[P+](=O)c2ccccc2)C1C. The molecule has 0 radical (unpaired) electrons. The van der Waals surface area contributed by atoms with Crippen LogP contribution in [0, 0.1) is 5.92 Å². The van der Waals surface area contributed by atoms with Crippen molar-refractivity contribution >= 4 is 19.3 Å². The molecule has 1 aliphatic carbocycles. The molecule has 0 heterocycles. The van der Waals surface area contributed by atoms with E-state index in [2.05, 4.69) is 0 Å². The first-order valence-corrected chi connectivity index (χ1v) is 8.43. The van der Waals surface area contributed by atoms with Gasteiger partial charge in [0, 0.05) is 5.92 Å². The smallest absolute Gasteiger partial charge is 0.241 e. The topological polar surface area (TPSA) is 43.4 Å². The van der Waals surface area contributed by atoms with E-state index in [1.807, 2.05) is 45.9 Å². The molecule has 22 heavy (non-hydrogen) atoms. The zero-order valence-corrected chi connectivity index (χ0v) is 14.2. The Morgan fingerprint density at radius 2 is 1.86 bits per heavy atom. The van der Waals surface area contributed by atoms with Crippen LogP contribution in [0.25, 0.3) is 0 Å². The molecule has 114 valence electrons. The van der Waals surface area contributed by atoms with Crippen LogP contribution in [0.4, 0.5) is 0 Å². The maximum Gasteiger partial charge on any atom is 0.600 e. The molecular weight excluding hydrogens is 295 g/mol. The van der Waals surface area contributed by atoms with Gasteiger partial charge < -0.3 is 0 Å². The Hall–Kier alpha value is -1.99. The molecule has 0 saturated heterocycles. The van der Waals surface area contributed by atoms with E-state index in [0.29, 0.717) is 10.9 Å². The third kappa shape index (κ3) is 3.26. The highest BCUT2D eigenvalue weighted by atomic mass is 31.1. The lowest BCUT2D eigenvalue weighted by Gasteiger charge is -2.23. The van der Waals surface area contributed by atoms with Gasteiger partial charge in [-0.05, 0) is 54.2 Å². The van der Waals surface area contributed by atoms with E-state index in [1.165, 1.54) is 0 Å². The quantitative estimate of drug-likeness (QED) is 0.774. The summed E-state index contributed by atoms with van der Waals surface area (Å²) in [5.74, 6) is -0.556. The fourth-order valence-electron chi connectivity index (χ4n) is 2.87. The molecule has 1 aliphatic rings. The second-order valence-electron chi connectivity index (χ2n) is 5.36. The first kappa shape index (κ1) is 16.4. The molecule has 0 amide bonds. The molecule has 2 rings (SSSR count). The zero-order valence-electron chi connectivity index (χ0n) is 13.3. The minimum Gasteiger partial charge on any atom is -0.241 e. The Balaban J connectivity index is 2.26. The molecule has 1 aromatic carbocycles. The molecule has 0 saturated carbocycles. The van der Waals surface area contributed by atoms with Crippen molar-refractivity contribution in [1.29, 1.82) is 0 Å². The van der Waals surface area contributed by atoms with E-state index in [1.54, 1.807) is 24.3 Å². The molecule has 4 heteroatoms. The number of hydrogen-bond acceptors (Lipinski definition) is 3. The Labute approximate surface area is 132 Å². The number of allylic oxidation sites excluding steroid dienone is 5. The summed E-state index contributed by atoms with van der Waals surface area (Å²) in [6.07, 6.45) is 3.98. The molecule has 2 atom stereocenters. The van der Waals surface area contributed by atoms with Crippen molar-refractivity contribution in [3.63, 3.8) is 0 Å². The third-order valence-electron chi connectivity index (χ3n) is 3.88. The molecule has 3 nitrogen and oxygen atoms in total.